The van der Waals surface area contributed by atoms with Gasteiger partial charge in [0.15, 0.2) is 0 Å². The van der Waals surface area contributed by atoms with Crippen LogP contribution in [0, 0.1) is 11.6 Å². The number of halogens is 2. The number of carbonyl (C=O) groups excluding carboxylic acids is 3. The summed E-state index contributed by atoms with van der Waals surface area (Å²) >= 11 is 0. The van der Waals surface area contributed by atoms with E-state index in [2.05, 4.69) is 5.32 Å². The molecule has 0 unspecified atom stereocenters. The third-order valence-corrected chi connectivity index (χ3v) is 4.52. The van der Waals surface area contributed by atoms with Gasteiger partial charge in [-0.15, -0.1) is 0 Å². The summed E-state index contributed by atoms with van der Waals surface area (Å²) in [7, 11) is 1.51. The summed E-state index contributed by atoms with van der Waals surface area (Å²) in [4.78, 5) is 39.4. The molecule has 0 aromatic heterocycles. The van der Waals surface area contributed by atoms with Crippen molar-refractivity contribution in [3.63, 3.8) is 0 Å². The number of anilines is 2. The molecule has 156 valence electrons. The molecule has 1 heterocycles. The molecule has 30 heavy (non-hydrogen) atoms. The smallest absolute Gasteiger partial charge is 0.282 e. The Hall–Kier alpha value is -3.59. The van der Waals surface area contributed by atoms with Crippen LogP contribution in [0.2, 0.25) is 0 Å². The lowest BCUT2D eigenvalue weighted by atomic mass is 10.0. The van der Waals surface area contributed by atoms with Gasteiger partial charge < -0.3 is 15.3 Å². The average Bonchev–Trinajstić information content (AvgIpc) is 2.94. The fourth-order valence-corrected chi connectivity index (χ4v) is 3.19. The first-order chi connectivity index (χ1) is 14.2. The first kappa shape index (κ1) is 21.1. The summed E-state index contributed by atoms with van der Waals surface area (Å²) in [5.74, 6) is -3.65. The summed E-state index contributed by atoms with van der Waals surface area (Å²) in [6.45, 7) is 1.11. The van der Waals surface area contributed by atoms with Crippen LogP contribution in [0.25, 0.3) is 5.57 Å². The third kappa shape index (κ3) is 3.92. The minimum absolute atomic E-state index is 0.0195. The Morgan fingerprint density at radius 1 is 1.10 bits per heavy atom. The Morgan fingerprint density at radius 2 is 1.77 bits per heavy atom. The van der Waals surface area contributed by atoms with E-state index in [-0.39, 0.29) is 30.3 Å². The third-order valence-electron chi connectivity index (χ3n) is 4.52. The molecule has 0 saturated carbocycles. The molecule has 7 nitrogen and oxygen atoms in total. The highest BCUT2D eigenvalue weighted by Crippen LogP contribution is 2.36. The summed E-state index contributed by atoms with van der Waals surface area (Å²) < 4.78 is 28.0. The van der Waals surface area contributed by atoms with E-state index < -0.39 is 29.1 Å². The molecule has 3 rings (SSSR count). The second-order valence-corrected chi connectivity index (χ2v) is 6.67. The molecular weight excluding hydrogens is 396 g/mol. The molecule has 1 aliphatic rings. The highest BCUT2D eigenvalue weighted by Gasteiger charge is 2.42. The van der Waals surface area contributed by atoms with Crippen LogP contribution in [0.3, 0.4) is 0 Å². The lowest BCUT2D eigenvalue weighted by Gasteiger charge is -2.20. The first-order valence-electron chi connectivity index (χ1n) is 9.02. The number of imide groups is 1. The van der Waals surface area contributed by atoms with Gasteiger partial charge in [0, 0.05) is 32.3 Å². The van der Waals surface area contributed by atoms with Gasteiger partial charge in [0.1, 0.15) is 17.3 Å². The summed E-state index contributed by atoms with van der Waals surface area (Å²) in [6, 6.07) is 8.67. The fraction of sp³-hybridized carbons (Fsp3) is 0.190. The van der Waals surface area contributed by atoms with Crippen LogP contribution >= 0.6 is 0 Å². The van der Waals surface area contributed by atoms with Crippen LogP contribution in [-0.2, 0) is 14.4 Å². The highest BCUT2D eigenvalue weighted by molar-refractivity contribution is 6.45. The lowest BCUT2D eigenvalue weighted by molar-refractivity contribution is -0.120. The van der Waals surface area contributed by atoms with E-state index in [1.54, 1.807) is 12.1 Å². The van der Waals surface area contributed by atoms with Crippen LogP contribution in [0.4, 0.5) is 20.2 Å². The molecule has 2 aromatic rings. The molecule has 0 saturated heterocycles. The molecule has 0 fully saturated rings. The van der Waals surface area contributed by atoms with Crippen molar-refractivity contribution in [1.29, 1.82) is 0 Å². The van der Waals surface area contributed by atoms with Crippen LogP contribution in [0.5, 0.6) is 0 Å². The van der Waals surface area contributed by atoms with E-state index in [0.717, 1.165) is 18.2 Å². The maximum Gasteiger partial charge on any atom is 0.282 e. The number of hydrogen-bond acceptors (Lipinski definition) is 5. The number of hydrogen-bond donors (Lipinski definition) is 2. The minimum Gasteiger partial charge on any atom is -0.395 e. The highest BCUT2D eigenvalue weighted by atomic mass is 19.1. The Bertz CT molecular complexity index is 1050. The second-order valence-electron chi connectivity index (χ2n) is 6.67. The average molecular weight is 415 g/mol. The van der Waals surface area contributed by atoms with Crippen LogP contribution in [-0.4, -0.2) is 47.9 Å². The van der Waals surface area contributed by atoms with Gasteiger partial charge in [-0.2, -0.15) is 0 Å². The van der Waals surface area contributed by atoms with Crippen molar-refractivity contribution in [1.82, 2.24) is 4.90 Å². The largest absolute Gasteiger partial charge is 0.395 e. The fourth-order valence-electron chi connectivity index (χ4n) is 3.19. The molecule has 0 spiro atoms. The number of benzene rings is 2. The van der Waals surface area contributed by atoms with E-state index in [9.17, 15) is 28.3 Å². The number of nitrogens with zero attached hydrogens (tertiary/aromatic N) is 2. The van der Waals surface area contributed by atoms with Crippen LogP contribution in [0.1, 0.15) is 12.5 Å². The summed E-state index contributed by atoms with van der Waals surface area (Å²) in [5, 5.41) is 11.9. The SMILES string of the molecule is CC(=O)Nc1ccc(C2=C(N(C)CCO)C(=O)N(c3cc(F)ccc3F)C2=O)cc1. The van der Waals surface area contributed by atoms with Crippen molar-refractivity contribution in [2.75, 3.05) is 30.4 Å². The summed E-state index contributed by atoms with van der Waals surface area (Å²) in [6.07, 6.45) is 0. The number of aliphatic hydroxyl groups is 1. The predicted molar refractivity (Wildman–Crippen MR) is 106 cm³/mol. The van der Waals surface area contributed by atoms with Gasteiger partial charge in [0.2, 0.25) is 5.91 Å². The van der Waals surface area contributed by atoms with Gasteiger partial charge in [-0.25, -0.2) is 13.7 Å². The minimum atomic E-state index is -0.926. The zero-order valence-corrected chi connectivity index (χ0v) is 16.3. The van der Waals surface area contributed by atoms with Crippen LogP contribution in [0.15, 0.2) is 48.2 Å². The van der Waals surface area contributed by atoms with Crippen molar-refractivity contribution >= 4 is 34.7 Å². The summed E-state index contributed by atoms with van der Waals surface area (Å²) in [5.41, 5.74) is 0.271. The van der Waals surface area contributed by atoms with Gasteiger partial charge >= 0.3 is 0 Å². The number of aliphatic hydroxyl groups excluding tert-OH is 1. The van der Waals surface area contributed by atoms with Crippen molar-refractivity contribution < 1.29 is 28.3 Å². The van der Waals surface area contributed by atoms with Gasteiger partial charge in [-0.1, -0.05) is 12.1 Å². The maximum absolute atomic E-state index is 14.3. The number of likely N-dealkylation sites (N-methyl/N-ethyl adjacent to an activating group) is 1. The predicted octanol–water partition coefficient (Wildman–Crippen LogP) is 2.13. The van der Waals surface area contributed by atoms with E-state index in [1.807, 2.05) is 0 Å². The zero-order valence-electron chi connectivity index (χ0n) is 16.3. The number of amides is 3. The molecular formula is C21H19F2N3O4. The monoisotopic (exact) mass is 415 g/mol. The zero-order chi connectivity index (χ0) is 22.0. The number of nitrogens with one attached hydrogen (secondary N) is 1. The van der Waals surface area contributed by atoms with E-state index >= 15 is 0 Å². The van der Waals surface area contributed by atoms with Crippen molar-refractivity contribution in [3.05, 3.63) is 65.4 Å². The second kappa shape index (κ2) is 8.42. The van der Waals surface area contributed by atoms with Gasteiger partial charge in [-0.05, 0) is 29.8 Å². The quantitative estimate of drug-likeness (QED) is 0.706. The van der Waals surface area contributed by atoms with Gasteiger partial charge in [0.05, 0.1) is 17.9 Å². The Kier molecular flexibility index (Phi) is 5.93. The molecule has 0 aliphatic carbocycles. The molecule has 9 heteroatoms. The molecule has 2 N–H and O–H groups in total. The molecule has 0 bridgehead atoms. The molecule has 1 aliphatic heterocycles. The number of rotatable bonds is 6. The van der Waals surface area contributed by atoms with E-state index in [4.69, 9.17) is 0 Å². The van der Waals surface area contributed by atoms with Gasteiger partial charge in [0.25, 0.3) is 11.8 Å². The maximum atomic E-state index is 14.3. The van der Waals surface area contributed by atoms with E-state index in [0.29, 0.717) is 16.2 Å². The topological polar surface area (TPSA) is 90.0 Å². The van der Waals surface area contributed by atoms with E-state index in [1.165, 1.54) is 31.0 Å². The van der Waals surface area contributed by atoms with Crippen molar-refractivity contribution in [2.45, 2.75) is 6.92 Å². The molecule has 3 amide bonds. The lowest BCUT2D eigenvalue weighted by Crippen LogP contribution is -2.35. The van der Waals surface area contributed by atoms with Crippen molar-refractivity contribution in [2.24, 2.45) is 0 Å². The van der Waals surface area contributed by atoms with Gasteiger partial charge in [-0.3, -0.25) is 14.4 Å². The number of carbonyl (C=O) groups is 3. The normalized spacial score (nSPS) is 13.8. The molecule has 0 atom stereocenters. The molecule has 0 radical (unpaired) electrons. The van der Waals surface area contributed by atoms with Crippen LogP contribution < -0.4 is 10.2 Å². The van der Waals surface area contributed by atoms with Crippen molar-refractivity contribution in [3.8, 4) is 0 Å². The Balaban J connectivity index is 2.10. The first-order valence-corrected chi connectivity index (χ1v) is 9.02. The Morgan fingerprint density at radius 3 is 2.37 bits per heavy atom. The Labute approximate surface area is 171 Å². The molecule has 2 aromatic carbocycles. The standard InChI is InChI=1S/C21H19F2N3O4/c1-12(28)24-15-6-3-13(4-7-15)18-19(25(2)9-10-27)21(30)26(20(18)29)17-11-14(22)5-8-16(17)23/h3-8,11,27H,9-10H2,1-2H3,(H,24,28).